The largest absolute Gasteiger partial charge is 0.338 e. The van der Waals surface area contributed by atoms with Crippen molar-refractivity contribution in [2.24, 2.45) is 5.92 Å². The van der Waals surface area contributed by atoms with Gasteiger partial charge in [0.15, 0.2) is 0 Å². The van der Waals surface area contributed by atoms with E-state index >= 15 is 0 Å². The molecule has 0 radical (unpaired) electrons. The molecule has 3 aliphatic rings. The normalized spacial score (nSPS) is 27.3. The number of thiophene rings is 1. The third-order valence-corrected chi connectivity index (χ3v) is 9.99. The Balaban J connectivity index is 1.36. The van der Waals surface area contributed by atoms with Gasteiger partial charge >= 0.3 is 6.03 Å². The molecule has 0 atom stereocenters. The van der Waals surface area contributed by atoms with Crippen molar-refractivity contribution in [3.05, 3.63) is 15.8 Å². The van der Waals surface area contributed by atoms with E-state index < -0.39 is 21.6 Å². The molecule has 0 unspecified atom stereocenters. The van der Waals surface area contributed by atoms with E-state index in [1.165, 1.54) is 20.5 Å². The molecular weight excluding hydrogens is 452 g/mol. The van der Waals surface area contributed by atoms with Crippen LogP contribution in [0.25, 0.3) is 0 Å². The summed E-state index contributed by atoms with van der Waals surface area (Å²) in [4.78, 5) is 42.9. The van der Waals surface area contributed by atoms with Crippen molar-refractivity contribution < 1.29 is 22.8 Å². The zero-order valence-electron chi connectivity index (χ0n) is 18.7. The smallest absolute Gasteiger partial charge is 0.325 e. The van der Waals surface area contributed by atoms with Crippen molar-refractivity contribution in [2.45, 2.75) is 56.9 Å². The highest BCUT2D eigenvalue weighted by Gasteiger charge is 2.52. The first-order valence-corrected chi connectivity index (χ1v) is 13.3. The maximum absolute atomic E-state index is 13.0. The molecule has 1 saturated carbocycles. The highest BCUT2D eigenvalue weighted by Crippen LogP contribution is 2.36. The molecule has 11 heteroatoms. The lowest BCUT2D eigenvalue weighted by Gasteiger charge is -2.35. The quantitative estimate of drug-likeness (QED) is 0.658. The molecule has 2 saturated heterocycles. The Labute approximate surface area is 192 Å². The predicted octanol–water partition coefficient (Wildman–Crippen LogP) is 1.70. The van der Waals surface area contributed by atoms with E-state index in [9.17, 15) is 22.8 Å². The van der Waals surface area contributed by atoms with Crippen LogP contribution in [0.2, 0.25) is 0 Å². The first-order valence-electron chi connectivity index (χ1n) is 11.0. The highest BCUT2D eigenvalue weighted by molar-refractivity contribution is 7.89. The molecule has 1 aromatic heterocycles. The Morgan fingerprint density at radius 3 is 2.34 bits per heavy atom. The summed E-state index contributed by atoms with van der Waals surface area (Å²) in [6, 6.07) is 1.18. The van der Waals surface area contributed by atoms with Gasteiger partial charge in [0.1, 0.15) is 12.1 Å². The summed E-state index contributed by atoms with van der Waals surface area (Å²) in [5, 5.41) is 2.83. The first-order chi connectivity index (χ1) is 15.0. The number of amides is 4. The number of piperazine rings is 1. The number of sulfonamides is 1. The third kappa shape index (κ3) is 4.06. The Morgan fingerprint density at radius 2 is 1.78 bits per heavy atom. The van der Waals surface area contributed by atoms with Gasteiger partial charge < -0.3 is 10.2 Å². The second-order valence-electron chi connectivity index (χ2n) is 9.15. The number of carbonyl (C=O) groups is 3. The average molecular weight is 483 g/mol. The second kappa shape index (κ2) is 8.42. The summed E-state index contributed by atoms with van der Waals surface area (Å²) >= 11 is 1.45. The van der Waals surface area contributed by atoms with Crippen LogP contribution in [0.1, 0.15) is 42.4 Å². The molecule has 32 heavy (non-hydrogen) atoms. The van der Waals surface area contributed by atoms with Crippen LogP contribution < -0.4 is 5.32 Å². The van der Waals surface area contributed by atoms with Crippen LogP contribution in [0.3, 0.4) is 0 Å². The molecule has 4 rings (SSSR count). The van der Waals surface area contributed by atoms with Gasteiger partial charge in [-0.05, 0) is 51.5 Å². The minimum Gasteiger partial charge on any atom is -0.338 e. The van der Waals surface area contributed by atoms with E-state index in [1.807, 2.05) is 6.92 Å². The Kier molecular flexibility index (Phi) is 6.10. The lowest BCUT2D eigenvalue weighted by molar-refractivity contribution is -0.140. The number of hydrogen-bond donors (Lipinski definition) is 1. The molecule has 0 bridgehead atoms. The fourth-order valence-corrected chi connectivity index (χ4v) is 7.78. The maximum atomic E-state index is 13.0. The molecular formula is C21H30N4O5S2. The fraction of sp³-hybridized carbons (Fsp3) is 0.667. The molecule has 1 N–H and O–H groups in total. The summed E-state index contributed by atoms with van der Waals surface area (Å²) < 4.78 is 27.4. The van der Waals surface area contributed by atoms with Crippen molar-refractivity contribution in [1.82, 2.24) is 19.4 Å². The maximum Gasteiger partial charge on any atom is 0.325 e. The summed E-state index contributed by atoms with van der Waals surface area (Å²) in [5.41, 5.74) is -0.868. The van der Waals surface area contributed by atoms with Crippen LogP contribution in [-0.4, -0.2) is 78.6 Å². The number of nitrogens with zero attached hydrogens (tertiary/aromatic N) is 3. The highest BCUT2D eigenvalue weighted by atomic mass is 32.2. The summed E-state index contributed by atoms with van der Waals surface area (Å²) in [7, 11) is -3.61. The third-order valence-electron chi connectivity index (χ3n) is 6.87. The summed E-state index contributed by atoms with van der Waals surface area (Å²) in [5.74, 6) is -0.128. The SMILES string of the molecule is Cc1cc(S(=O)(=O)N2CCN(C(=O)CN3C(=O)NC4(CCC(C)CC4)C3=O)CC2)c(C)s1. The van der Waals surface area contributed by atoms with Crippen LogP contribution in [0, 0.1) is 19.8 Å². The van der Waals surface area contributed by atoms with Crippen LogP contribution in [-0.2, 0) is 19.6 Å². The Morgan fingerprint density at radius 1 is 1.16 bits per heavy atom. The number of urea groups is 1. The van der Waals surface area contributed by atoms with Crippen molar-refractivity contribution in [1.29, 1.82) is 0 Å². The van der Waals surface area contributed by atoms with Gasteiger partial charge in [0.05, 0.1) is 4.90 Å². The number of carbonyl (C=O) groups excluding carboxylic acids is 3. The number of nitrogens with one attached hydrogen (secondary N) is 1. The van der Waals surface area contributed by atoms with E-state index in [-0.39, 0.29) is 44.5 Å². The number of hydrogen-bond acceptors (Lipinski definition) is 6. The number of aryl methyl sites for hydroxylation is 2. The van der Waals surface area contributed by atoms with E-state index in [2.05, 4.69) is 12.2 Å². The molecule has 1 aliphatic carbocycles. The Hall–Kier alpha value is -1.98. The van der Waals surface area contributed by atoms with Crippen LogP contribution in [0.5, 0.6) is 0 Å². The predicted molar refractivity (Wildman–Crippen MR) is 120 cm³/mol. The molecule has 2 aliphatic heterocycles. The molecule has 0 aromatic carbocycles. The molecule has 4 amide bonds. The average Bonchev–Trinajstić information content (AvgIpc) is 3.21. The van der Waals surface area contributed by atoms with Gasteiger partial charge in [-0.3, -0.25) is 14.5 Å². The molecule has 1 spiro atoms. The van der Waals surface area contributed by atoms with Gasteiger partial charge in [0.25, 0.3) is 5.91 Å². The van der Waals surface area contributed by atoms with Gasteiger partial charge in [0.2, 0.25) is 15.9 Å². The molecule has 3 fully saturated rings. The van der Waals surface area contributed by atoms with E-state index in [1.54, 1.807) is 13.0 Å². The molecule has 9 nitrogen and oxygen atoms in total. The minimum atomic E-state index is -3.61. The van der Waals surface area contributed by atoms with Crippen molar-refractivity contribution in [3.8, 4) is 0 Å². The fourth-order valence-electron chi connectivity index (χ4n) is 4.83. The second-order valence-corrected chi connectivity index (χ2v) is 12.5. The zero-order chi connectivity index (χ0) is 23.3. The number of rotatable bonds is 4. The van der Waals surface area contributed by atoms with Crippen molar-refractivity contribution >= 4 is 39.2 Å². The van der Waals surface area contributed by atoms with Gasteiger partial charge in [-0.15, -0.1) is 11.3 Å². The summed E-state index contributed by atoms with van der Waals surface area (Å²) in [6.45, 7) is 6.32. The van der Waals surface area contributed by atoms with E-state index in [0.29, 0.717) is 23.7 Å². The number of imide groups is 1. The topological polar surface area (TPSA) is 107 Å². The molecule has 176 valence electrons. The van der Waals surface area contributed by atoms with Gasteiger partial charge in [-0.1, -0.05) is 6.92 Å². The van der Waals surface area contributed by atoms with Crippen LogP contribution in [0.15, 0.2) is 11.0 Å². The molecule has 3 heterocycles. The summed E-state index contributed by atoms with van der Waals surface area (Å²) in [6.07, 6.45) is 2.93. The van der Waals surface area contributed by atoms with E-state index in [4.69, 9.17) is 0 Å². The standard InChI is InChI=1S/C21H30N4O5S2/c1-14-4-6-21(7-5-14)19(27)25(20(28)22-21)13-18(26)23-8-10-24(11-9-23)32(29,30)17-12-15(2)31-16(17)3/h12,14H,4-11,13H2,1-3H3,(H,22,28). The minimum absolute atomic E-state index is 0.185. The molecule has 1 aromatic rings. The van der Waals surface area contributed by atoms with Gasteiger partial charge in [0, 0.05) is 35.9 Å². The van der Waals surface area contributed by atoms with Crippen molar-refractivity contribution in [3.63, 3.8) is 0 Å². The monoisotopic (exact) mass is 482 g/mol. The van der Waals surface area contributed by atoms with E-state index in [0.717, 1.165) is 27.5 Å². The lowest BCUT2D eigenvalue weighted by Crippen LogP contribution is -2.53. The van der Waals surface area contributed by atoms with Crippen LogP contribution >= 0.6 is 11.3 Å². The van der Waals surface area contributed by atoms with Gasteiger partial charge in [-0.25, -0.2) is 13.2 Å². The van der Waals surface area contributed by atoms with Crippen LogP contribution in [0.4, 0.5) is 4.79 Å². The van der Waals surface area contributed by atoms with Gasteiger partial charge in [-0.2, -0.15) is 4.31 Å². The zero-order valence-corrected chi connectivity index (χ0v) is 20.4. The Bertz CT molecular complexity index is 1030. The van der Waals surface area contributed by atoms with Crippen molar-refractivity contribution in [2.75, 3.05) is 32.7 Å². The first kappa shape index (κ1) is 23.2. The lowest BCUT2D eigenvalue weighted by atomic mass is 9.77.